The molecule has 1 heteroatoms. The summed E-state index contributed by atoms with van der Waals surface area (Å²) < 4.78 is 0. The lowest BCUT2D eigenvalue weighted by atomic mass is 10.2. The van der Waals surface area contributed by atoms with Crippen molar-refractivity contribution in [2.75, 3.05) is 0 Å². The van der Waals surface area contributed by atoms with Gasteiger partial charge in [-0.2, -0.15) is 0 Å². The lowest BCUT2D eigenvalue weighted by molar-refractivity contribution is 1.09. The van der Waals surface area contributed by atoms with Gasteiger partial charge < -0.3 is 5.32 Å². The van der Waals surface area contributed by atoms with Gasteiger partial charge in [0.15, 0.2) is 0 Å². The van der Waals surface area contributed by atoms with Gasteiger partial charge in [-0.05, 0) is 24.8 Å². The first kappa shape index (κ1) is 10.5. The summed E-state index contributed by atoms with van der Waals surface area (Å²) >= 11 is 0. The van der Waals surface area contributed by atoms with Gasteiger partial charge in [-0.1, -0.05) is 38.0 Å². The average Bonchev–Trinajstić information content (AvgIpc) is 2.11. The zero-order valence-electron chi connectivity index (χ0n) is 7.51. The smallest absolute Gasteiger partial charge is 0.0409 e. The maximum atomic E-state index is 3.68. The second-order valence-electron chi connectivity index (χ2n) is 2.24. The number of hydrogen-bond acceptors (Lipinski definition) is 1. The molecular weight excluding hydrogens is 146 g/mol. The zero-order valence-corrected chi connectivity index (χ0v) is 7.51. The molecule has 0 saturated heterocycles. The molecule has 0 aliphatic carbocycles. The molecule has 0 radical (unpaired) electrons. The quantitative estimate of drug-likeness (QED) is 0.611. The molecule has 12 heavy (non-hydrogen) atoms. The van der Waals surface area contributed by atoms with E-state index in [1.54, 1.807) is 18.4 Å². The molecule has 0 unspecified atom stereocenters. The van der Waals surface area contributed by atoms with E-state index >= 15 is 0 Å². The maximum Gasteiger partial charge on any atom is 0.0409 e. The summed E-state index contributed by atoms with van der Waals surface area (Å²) in [6.07, 6.45) is 8.93. The van der Waals surface area contributed by atoms with E-state index in [4.69, 9.17) is 0 Å². The van der Waals surface area contributed by atoms with Crippen LogP contribution in [-0.4, -0.2) is 0 Å². The molecule has 0 saturated carbocycles. The molecule has 0 aliphatic heterocycles. The number of nitrogens with one attached hydrogen (secondary N) is 1. The van der Waals surface area contributed by atoms with Gasteiger partial charge in [0.05, 0.1) is 0 Å². The van der Waals surface area contributed by atoms with Crippen LogP contribution in [0.25, 0.3) is 0 Å². The minimum atomic E-state index is 0.986. The summed E-state index contributed by atoms with van der Waals surface area (Å²) in [6, 6.07) is 0. The van der Waals surface area contributed by atoms with Crippen LogP contribution in [0.1, 0.15) is 6.92 Å². The molecule has 0 heterocycles. The monoisotopic (exact) mass is 161 g/mol. The molecular formula is C11H15N. The van der Waals surface area contributed by atoms with Crippen molar-refractivity contribution in [2.45, 2.75) is 6.92 Å². The Kier molecular flexibility index (Phi) is 5.45. The molecule has 0 spiro atoms. The van der Waals surface area contributed by atoms with E-state index in [1.807, 2.05) is 19.1 Å². The lowest BCUT2D eigenvalue weighted by Gasteiger charge is -2.03. The summed E-state index contributed by atoms with van der Waals surface area (Å²) in [4.78, 5) is 0. The molecule has 0 atom stereocenters. The van der Waals surface area contributed by atoms with Crippen LogP contribution >= 0.6 is 0 Å². The summed E-state index contributed by atoms with van der Waals surface area (Å²) in [7, 11) is 0. The summed E-state index contributed by atoms with van der Waals surface area (Å²) in [5.74, 6) is 0. The van der Waals surface area contributed by atoms with Crippen molar-refractivity contribution in [3.63, 3.8) is 0 Å². The molecule has 1 nitrogen and oxygen atoms in total. The molecule has 0 amide bonds. The molecule has 0 aromatic carbocycles. The van der Waals surface area contributed by atoms with Gasteiger partial charge in [0, 0.05) is 5.70 Å². The Morgan fingerprint density at radius 2 is 1.92 bits per heavy atom. The fourth-order valence-electron chi connectivity index (χ4n) is 0.678. The van der Waals surface area contributed by atoms with Gasteiger partial charge in [0.2, 0.25) is 0 Å². The Morgan fingerprint density at radius 3 is 2.33 bits per heavy atom. The molecule has 0 fully saturated rings. The van der Waals surface area contributed by atoms with Gasteiger partial charge in [-0.15, -0.1) is 0 Å². The van der Waals surface area contributed by atoms with Crippen molar-refractivity contribution in [1.29, 1.82) is 0 Å². The lowest BCUT2D eigenvalue weighted by Crippen LogP contribution is -2.03. The van der Waals surface area contributed by atoms with Crippen LogP contribution < -0.4 is 5.32 Å². The number of allylic oxidation sites excluding steroid dienone is 5. The van der Waals surface area contributed by atoms with Crippen LogP contribution in [0.3, 0.4) is 0 Å². The van der Waals surface area contributed by atoms with Gasteiger partial charge >= 0.3 is 0 Å². The maximum absolute atomic E-state index is 3.68. The predicted octanol–water partition coefficient (Wildman–Crippen LogP) is 2.92. The first-order valence-electron chi connectivity index (χ1n) is 3.76. The van der Waals surface area contributed by atoms with E-state index in [-0.39, 0.29) is 0 Å². The molecule has 0 rings (SSSR count). The van der Waals surface area contributed by atoms with E-state index < -0.39 is 0 Å². The Labute approximate surface area is 74.5 Å². The number of hydrogen-bond donors (Lipinski definition) is 1. The second kappa shape index (κ2) is 6.23. The fraction of sp³-hybridized carbons (Fsp3) is 0.0909. The van der Waals surface area contributed by atoms with Crippen molar-refractivity contribution in [3.05, 3.63) is 61.5 Å². The highest BCUT2D eigenvalue weighted by Crippen LogP contribution is 2.03. The molecule has 0 bridgehead atoms. The predicted molar refractivity (Wildman–Crippen MR) is 55.6 cm³/mol. The average molecular weight is 161 g/mol. The van der Waals surface area contributed by atoms with E-state index in [0.717, 1.165) is 11.3 Å². The fourth-order valence-corrected chi connectivity index (χ4v) is 0.678. The summed E-state index contributed by atoms with van der Waals surface area (Å²) in [6.45, 7) is 12.8. The molecule has 0 aliphatic rings. The third-order valence-corrected chi connectivity index (χ3v) is 1.39. The SMILES string of the molecule is C=C/C=C\C(NC=C)=C(\C)C=C. The minimum absolute atomic E-state index is 0.986. The molecule has 0 aromatic heterocycles. The third-order valence-electron chi connectivity index (χ3n) is 1.39. The van der Waals surface area contributed by atoms with Crippen LogP contribution in [0, 0.1) is 0 Å². The zero-order chi connectivity index (χ0) is 9.40. The number of rotatable bonds is 5. The first-order chi connectivity index (χ1) is 5.76. The molecule has 1 N–H and O–H groups in total. The van der Waals surface area contributed by atoms with Crippen molar-refractivity contribution in [3.8, 4) is 0 Å². The molecule has 0 aromatic rings. The Hall–Kier alpha value is -1.50. The highest BCUT2D eigenvalue weighted by Gasteiger charge is 1.90. The molecule has 64 valence electrons. The third kappa shape index (κ3) is 3.62. The summed E-state index contributed by atoms with van der Waals surface area (Å²) in [5, 5.41) is 3.01. The van der Waals surface area contributed by atoms with Crippen LogP contribution in [0.15, 0.2) is 61.5 Å². The van der Waals surface area contributed by atoms with Gasteiger partial charge in [0.25, 0.3) is 0 Å². The highest BCUT2D eigenvalue weighted by molar-refractivity contribution is 5.31. The van der Waals surface area contributed by atoms with Gasteiger partial charge in [0.1, 0.15) is 0 Å². The van der Waals surface area contributed by atoms with E-state index in [1.165, 1.54) is 0 Å². The Bertz CT molecular complexity index is 231. The largest absolute Gasteiger partial charge is 0.362 e. The minimum Gasteiger partial charge on any atom is -0.362 e. The highest BCUT2D eigenvalue weighted by atomic mass is 14.8. The first-order valence-corrected chi connectivity index (χ1v) is 3.76. The Balaban J connectivity index is 4.62. The van der Waals surface area contributed by atoms with Crippen LogP contribution in [-0.2, 0) is 0 Å². The van der Waals surface area contributed by atoms with Crippen molar-refractivity contribution in [1.82, 2.24) is 5.32 Å². The van der Waals surface area contributed by atoms with Crippen molar-refractivity contribution in [2.24, 2.45) is 0 Å². The van der Waals surface area contributed by atoms with Gasteiger partial charge in [-0.25, -0.2) is 0 Å². The van der Waals surface area contributed by atoms with E-state index in [2.05, 4.69) is 25.1 Å². The van der Waals surface area contributed by atoms with Gasteiger partial charge in [-0.3, -0.25) is 0 Å². The van der Waals surface area contributed by atoms with Crippen LogP contribution in [0.4, 0.5) is 0 Å². The van der Waals surface area contributed by atoms with Crippen molar-refractivity contribution >= 4 is 0 Å². The normalized spacial score (nSPS) is 12.1. The van der Waals surface area contributed by atoms with Crippen LogP contribution in [0.5, 0.6) is 0 Å². The van der Waals surface area contributed by atoms with E-state index in [9.17, 15) is 0 Å². The van der Waals surface area contributed by atoms with Crippen molar-refractivity contribution < 1.29 is 0 Å². The van der Waals surface area contributed by atoms with Crippen LogP contribution in [0.2, 0.25) is 0 Å². The Morgan fingerprint density at radius 1 is 1.25 bits per heavy atom. The standard InChI is InChI=1S/C11H15N/c1-5-8-9-11(12-7-3)10(4)6-2/h5-9,12H,1-3H2,4H3/b9-8-,11-10+. The topological polar surface area (TPSA) is 12.0 Å². The summed E-state index contributed by atoms with van der Waals surface area (Å²) in [5.41, 5.74) is 2.06. The van der Waals surface area contributed by atoms with E-state index in [0.29, 0.717) is 0 Å². The second-order valence-corrected chi connectivity index (χ2v) is 2.24.